The van der Waals surface area contributed by atoms with E-state index in [0.29, 0.717) is 37.3 Å². The van der Waals surface area contributed by atoms with E-state index in [1.807, 2.05) is 0 Å². The first-order chi connectivity index (χ1) is 15.4. The Bertz CT molecular complexity index is 990. The van der Waals surface area contributed by atoms with Gasteiger partial charge < -0.3 is 24.8 Å². The maximum absolute atomic E-state index is 14.6. The number of thiazole rings is 1. The second-order valence-corrected chi connectivity index (χ2v) is 8.56. The summed E-state index contributed by atoms with van der Waals surface area (Å²) in [6.07, 6.45) is 0.104. The van der Waals surface area contributed by atoms with Crippen LogP contribution in [-0.4, -0.2) is 60.4 Å². The van der Waals surface area contributed by atoms with Crippen LogP contribution >= 0.6 is 11.3 Å². The van der Waals surface area contributed by atoms with Gasteiger partial charge in [-0.2, -0.15) is 4.39 Å². The van der Waals surface area contributed by atoms with Crippen molar-refractivity contribution in [1.82, 2.24) is 10.3 Å². The van der Waals surface area contributed by atoms with Crippen LogP contribution in [0.1, 0.15) is 25.7 Å². The van der Waals surface area contributed by atoms with Gasteiger partial charge in [0.25, 0.3) is 0 Å². The summed E-state index contributed by atoms with van der Waals surface area (Å²) >= 11 is 1.42. The largest absolute Gasteiger partial charge is 0.486 e. The van der Waals surface area contributed by atoms with Crippen LogP contribution in [0, 0.1) is 11.6 Å². The maximum Gasteiger partial charge on any atom is 0.303 e. The highest BCUT2D eigenvalue weighted by molar-refractivity contribution is 7.14. The number of hydrogen-bond donors (Lipinski definition) is 2. The second kappa shape index (κ2) is 9.78. The summed E-state index contributed by atoms with van der Waals surface area (Å²) in [4.78, 5) is 29.0. The average Bonchev–Trinajstić information content (AvgIpc) is 3.24. The van der Waals surface area contributed by atoms with Crippen LogP contribution in [-0.2, 0) is 14.3 Å². The normalized spacial score (nSPS) is 20.5. The molecule has 2 heterocycles. The van der Waals surface area contributed by atoms with Gasteiger partial charge >= 0.3 is 5.97 Å². The van der Waals surface area contributed by atoms with Crippen LogP contribution in [0.5, 0.6) is 5.75 Å². The number of rotatable bonds is 8. The minimum atomic E-state index is -1.07. The molecule has 1 amide bonds. The van der Waals surface area contributed by atoms with Crippen molar-refractivity contribution in [3.05, 3.63) is 29.1 Å². The molecule has 0 bridgehead atoms. The molecule has 2 aromatic rings. The standard InChI is InChI=1S/C21H23F2N3O5S/c22-15-2-1-14(16-11-32-21(25-16)26-5-7-30-8-6-26)20(19(15)23)31-13-9-12(10-13)24-17(27)3-4-18(28)29/h1-2,11-13H,3-10H2,(H,24,27)(H,28,29). The summed E-state index contributed by atoms with van der Waals surface area (Å²) in [6, 6.07) is 2.32. The molecule has 2 aliphatic rings. The van der Waals surface area contributed by atoms with Crippen LogP contribution in [0.15, 0.2) is 17.5 Å². The molecule has 0 unspecified atom stereocenters. The van der Waals surface area contributed by atoms with Gasteiger partial charge in [0.1, 0.15) is 6.10 Å². The summed E-state index contributed by atoms with van der Waals surface area (Å²) < 4.78 is 39.7. The van der Waals surface area contributed by atoms with Crippen LogP contribution in [0.25, 0.3) is 11.3 Å². The van der Waals surface area contributed by atoms with E-state index in [0.717, 1.165) is 24.3 Å². The number of carboxylic acids is 1. The van der Waals surface area contributed by atoms with E-state index in [1.165, 1.54) is 17.4 Å². The zero-order valence-corrected chi connectivity index (χ0v) is 18.0. The fraction of sp³-hybridized carbons (Fsp3) is 0.476. The zero-order chi connectivity index (χ0) is 22.7. The number of carbonyl (C=O) groups excluding carboxylic acids is 1. The van der Waals surface area contributed by atoms with E-state index in [2.05, 4.69) is 15.2 Å². The quantitative estimate of drug-likeness (QED) is 0.616. The Balaban J connectivity index is 1.42. The number of aromatic nitrogens is 1. The van der Waals surface area contributed by atoms with Gasteiger partial charge in [-0.1, -0.05) is 0 Å². The highest BCUT2D eigenvalue weighted by Gasteiger charge is 2.34. The second-order valence-electron chi connectivity index (χ2n) is 7.72. The number of anilines is 1. The van der Waals surface area contributed by atoms with E-state index in [4.69, 9.17) is 14.6 Å². The molecule has 1 aliphatic heterocycles. The molecule has 0 radical (unpaired) electrons. The molecule has 1 saturated heterocycles. The number of hydrogen-bond acceptors (Lipinski definition) is 7. The SMILES string of the molecule is O=C(O)CCC(=O)NC1CC(Oc2c(-c3csc(N4CCOCC4)n3)ccc(F)c2F)C1. The van der Waals surface area contributed by atoms with Gasteiger partial charge in [0, 0.05) is 49.3 Å². The number of carbonyl (C=O) groups is 2. The first-order valence-electron chi connectivity index (χ1n) is 10.3. The van der Waals surface area contributed by atoms with E-state index in [9.17, 15) is 18.4 Å². The minimum absolute atomic E-state index is 0.102. The lowest BCUT2D eigenvalue weighted by molar-refractivity contribution is -0.139. The van der Waals surface area contributed by atoms with Crippen molar-refractivity contribution < 1.29 is 33.0 Å². The van der Waals surface area contributed by atoms with Crippen molar-refractivity contribution in [1.29, 1.82) is 0 Å². The zero-order valence-electron chi connectivity index (χ0n) is 17.2. The predicted octanol–water partition coefficient (Wildman–Crippen LogP) is 2.82. The van der Waals surface area contributed by atoms with Crippen molar-refractivity contribution in [2.75, 3.05) is 31.2 Å². The fourth-order valence-corrected chi connectivity index (χ4v) is 4.48. The molecule has 8 nitrogen and oxygen atoms in total. The highest BCUT2D eigenvalue weighted by Crippen LogP contribution is 2.38. The summed E-state index contributed by atoms with van der Waals surface area (Å²) in [5, 5.41) is 13.9. The summed E-state index contributed by atoms with van der Waals surface area (Å²) in [5.41, 5.74) is 0.872. The number of halogens is 2. The van der Waals surface area contributed by atoms with Gasteiger partial charge in [0.15, 0.2) is 16.7 Å². The van der Waals surface area contributed by atoms with Crippen LogP contribution < -0.4 is 15.0 Å². The summed E-state index contributed by atoms with van der Waals surface area (Å²) in [5.74, 6) is -3.67. The smallest absolute Gasteiger partial charge is 0.303 e. The maximum atomic E-state index is 14.6. The lowest BCUT2D eigenvalue weighted by atomic mass is 9.89. The molecule has 0 atom stereocenters. The number of carboxylic acid groups (broad SMARTS) is 1. The van der Waals surface area contributed by atoms with Crippen LogP contribution in [0.3, 0.4) is 0 Å². The van der Waals surface area contributed by atoms with Gasteiger partial charge in [-0.05, 0) is 12.1 Å². The van der Waals surface area contributed by atoms with Crippen molar-refractivity contribution >= 4 is 28.3 Å². The van der Waals surface area contributed by atoms with Crippen LogP contribution in [0.2, 0.25) is 0 Å². The third-order valence-electron chi connectivity index (χ3n) is 5.41. The van der Waals surface area contributed by atoms with Crippen molar-refractivity contribution in [2.24, 2.45) is 0 Å². The molecular weight excluding hydrogens is 444 g/mol. The lowest BCUT2D eigenvalue weighted by Crippen LogP contribution is -2.49. The van der Waals surface area contributed by atoms with Gasteiger partial charge in [-0.15, -0.1) is 11.3 Å². The molecule has 2 fully saturated rings. The number of amides is 1. The third-order valence-corrected chi connectivity index (χ3v) is 6.31. The highest BCUT2D eigenvalue weighted by atomic mass is 32.1. The first-order valence-corrected chi connectivity index (χ1v) is 11.2. The molecule has 1 saturated carbocycles. The van der Waals surface area contributed by atoms with Crippen molar-refractivity contribution in [3.8, 4) is 17.0 Å². The van der Waals surface area contributed by atoms with E-state index >= 15 is 0 Å². The first kappa shape index (κ1) is 22.4. The predicted molar refractivity (Wildman–Crippen MR) is 113 cm³/mol. The van der Waals surface area contributed by atoms with Crippen LogP contribution in [0.4, 0.5) is 13.9 Å². The average molecular weight is 467 g/mol. The van der Waals surface area contributed by atoms with Gasteiger partial charge in [0.05, 0.1) is 25.3 Å². The number of morpholine rings is 1. The van der Waals surface area contributed by atoms with Gasteiger partial charge in [-0.25, -0.2) is 9.37 Å². The number of aliphatic carboxylic acids is 1. The Kier molecular flexibility index (Phi) is 6.85. The monoisotopic (exact) mass is 467 g/mol. The number of nitrogens with one attached hydrogen (secondary N) is 1. The molecule has 4 rings (SSSR count). The Morgan fingerprint density at radius 2 is 2.00 bits per heavy atom. The molecular formula is C21H23F2N3O5S. The topological polar surface area (TPSA) is 101 Å². The number of benzene rings is 1. The number of ether oxygens (including phenoxy) is 2. The fourth-order valence-electron chi connectivity index (χ4n) is 3.60. The van der Waals surface area contributed by atoms with Crippen molar-refractivity contribution in [2.45, 2.75) is 37.8 Å². The minimum Gasteiger partial charge on any atom is -0.486 e. The summed E-state index contributed by atoms with van der Waals surface area (Å²) in [7, 11) is 0. The Labute approximate surface area is 187 Å². The molecule has 11 heteroatoms. The van der Waals surface area contributed by atoms with Gasteiger partial charge in [-0.3, -0.25) is 9.59 Å². The summed E-state index contributed by atoms with van der Waals surface area (Å²) in [6.45, 7) is 2.67. The Hall–Kier alpha value is -2.79. The third kappa shape index (κ3) is 5.16. The number of nitrogens with zero attached hydrogens (tertiary/aromatic N) is 2. The van der Waals surface area contributed by atoms with E-state index in [1.54, 1.807) is 5.38 Å². The van der Waals surface area contributed by atoms with Crippen molar-refractivity contribution in [3.63, 3.8) is 0 Å². The Morgan fingerprint density at radius 3 is 2.72 bits per heavy atom. The van der Waals surface area contributed by atoms with E-state index < -0.39 is 23.7 Å². The molecule has 1 aliphatic carbocycles. The molecule has 1 aromatic heterocycles. The molecule has 0 spiro atoms. The Morgan fingerprint density at radius 1 is 1.25 bits per heavy atom. The van der Waals surface area contributed by atoms with E-state index in [-0.39, 0.29) is 30.5 Å². The molecule has 32 heavy (non-hydrogen) atoms. The molecule has 2 N–H and O–H groups in total. The lowest BCUT2D eigenvalue weighted by Gasteiger charge is -2.36. The molecule has 1 aromatic carbocycles. The van der Waals surface area contributed by atoms with Gasteiger partial charge in [0.2, 0.25) is 11.7 Å². The molecule has 172 valence electrons.